The van der Waals surface area contributed by atoms with Crippen LogP contribution in [0.5, 0.6) is 0 Å². The van der Waals surface area contributed by atoms with Gasteiger partial charge in [-0.2, -0.15) is 0 Å². The van der Waals surface area contributed by atoms with Crippen LogP contribution in [0.3, 0.4) is 0 Å². The highest BCUT2D eigenvalue weighted by Gasteiger charge is 2.56. The van der Waals surface area contributed by atoms with Gasteiger partial charge in [0.05, 0.1) is 0 Å². The quantitative estimate of drug-likeness (QED) is 0.584. The molecule has 0 saturated heterocycles. The molecule has 0 N–H and O–H groups in total. The van der Waals surface area contributed by atoms with Gasteiger partial charge in [0, 0.05) is 0 Å². The molecule has 0 bridgehead atoms. The van der Waals surface area contributed by atoms with Crippen LogP contribution in [0.4, 0.5) is 0 Å². The summed E-state index contributed by atoms with van der Waals surface area (Å²) in [4.78, 5) is 0. The zero-order valence-electron chi connectivity index (χ0n) is 8.77. The zero-order valence-corrected chi connectivity index (χ0v) is 8.77. The normalized spacial score (nSPS) is 46.0. The van der Waals surface area contributed by atoms with Gasteiger partial charge in [0.15, 0.2) is 0 Å². The molecule has 0 aromatic carbocycles. The fourth-order valence-corrected chi connectivity index (χ4v) is 3.33. The Labute approximate surface area is 76.7 Å². The highest BCUT2D eigenvalue weighted by atomic mass is 14.6. The monoisotopic (exact) mass is 166 g/mol. The Morgan fingerprint density at radius 1 is 1.33 bits per heavy atom. The fourth-order valence-electron chi connectivity index (χ4n) is 3.33. The van der Waals surface area contributed by atoms with Crippen molar-refractivity contribution in [3.05, 3.63) is 0 Å². The summed E-state index contributed by atoms with van der Waals surface area (Å²) in [6.45, 7) is 7.15. The van der Waals surface area contributed by atoms with E-state index >= 15 is 0 Å². The third-order valence-electron chi connectivity index (χ3n) is 4.48. The summed E-state index contributed by atoms with van der Waals surface area (Å²) in [6, 6.07) is 0. The van der Waals surface area contributed by atoms with Crippen molar-refractivity contribution in [2.24, 2.45) is 23.2 Å². The molecule has 0 amide bonds. The molecule has 0 nitrogen and oxygen atoms in total. The van der Waals surface area contributed by atoms with Crippen LogP contribution >= 0.6 is 0 Å². The fraction of sp³-hybridized carbons (Fsp3) is 1.00. The summed E-state index contributed by atoms with van der Waals surface area (Å²) in [7, 11) is 0. The van der Waals surface area contributed by atoms with Crippen LogP contribution in [-0.2, 0) is 0 Å². The molecule has 3 unspecified atom stereocenters. The van der Waals surface area contributed by atoms with E-state index in [1.54, 1.807) is 19.3 Å². The lowest BCUT2D eigenvalue weighted by atomic mass is 9.91. The number of hydrogen-bond acceptors (Lipinski definition) is 0. The lowest BCUT2D eigenvalue weighted by Gasteiger charge is -2.14. The minimum atomic E-state index is 0.865. The van der Waals surface area contributed by atoms with E-state index in [1.165, 1.54) is 12.8 Å². The summed E-state index contributed by atoms with van der Waals surface area (Å²) in [5.41, 5.74) is 0.865. The Hall–Kier alpha value is 0. The van der Waals surface area contributed by atoms with Crippen molar-refractivity contribution < 1.29 is 0 Å². The Bertz CT molecular complexity index is 171. The topological polar surface area (TPSA) is 0 Å². The van der Waals surface area contributed by atoms with E-state index in [0.717, 1.165) is 23.2 Å². The first kappa shape index (κ1) is 8.59. The van der Waals surface area contributed by atoms with E-state index in [9.17, 15) is 0 Å². The summed E-state index contributed by atoms with van der Waals surface area (Å²) in [5.74, 6) is 3.10. The molecule has 0 heterocycles. The predicted octanol–water partition coefficient (Wildman–Crippen LogP) is 3.86. The Balaban J connectivity index is 1.91. The van der Waals surface area contributed by atoms with Crippen molar-refractivity contribution in [3.63, 3.8) is 0 Å². The van der Waals surface area contributed by atoms with E-state index in [-0.39, 0.29) is 0 Å². The van der Waals surface area contributed by atoms with Gasteiger partial charge in [0.1, 0.15) is 0 Å². The lowest BCUT2D eigenvalue weighted by molar-refractivity contribution is 0.360. The van der Waals surface area contributed by atoms with Crippen molar-refractivity contribution in [1.29, 1.82) is 0 Å². The molecule has 0 radical (unpaired) electrons. The highest BCUT2D eigenvalue weighted by Crippen LogP contribution is 2.66. The molecule has 0 aromatic heterocycles. The molecule has 2 rings (SSSR count). The smallest absolute Gasteiger partial charge is 0.0263 e. The van der Waals surface area contributed by atoms with E-state index in [1.807, 2.05) is 0 Å². The van der Waals surface area contributed by atoms with Gasteiger partial charge in [-0.25, -0.2) is 0 Å². The first-order valence-electron chi connectivity index (χ1n) is 5.68. The largest absolute Gasteiger partial charge is 0.0651 e. The summed E-state index contributed by atoms with van der Waals surface area (Å²) in [5, 5.41) is 0. The SMILES string of the molecule is CCC1CC12CCC(C(C)C)C2. The maximum absolute atomic E-state index is 2.40. The van der Waals surface area contributed by atoms with Gasteiger partial charge in [-0.15, -0.1) is 0 Å². The van der Waals surface area contributed by atoms with Crippen LogP contribution in [0.2, 0.25) is 0 Å². The van der Waals surface area contributed by atoms with Gasteiger partial charge in [0.2, 0.25) is 0 Å². The summed E-state index contributed by atoms with van der Waals surface area (Å²) < 4.78 is 0. The molecule has 1 spiro atoms. The molecule has 2 fully saturated rings. The molecule has 0 aromatic rings. The lowest BCUT2D eigenvalue weighted by Crippen LogP contribution is -2.05. The van der Waals surface area contributed by atoms with Gasteiger partial charge in [-0.05, 0) is 48.9 Å². The maximum atomic E-state index is 2.40. The Morgan fingerprint density at radius 2 is 2.08 bits per heavy atom. The van der Waals surface area contributed by atoms with E-state index in [2.05, 4.69) is 20.8 Å². The Morgan fingerprint density at radius 3 is 2.50 bits per heavy atom. The first-order valence-corrected chi connectivity index (χ1v) is 5.68. The predicted molar refractivity (Wildman–Crippen MR) is 53.0 cm³/mol. The molecule has 2 aliphatic rings. The summed E-state index contributed by atoms with van der Waals surface area (Å²) in [6.07, 6.45) is 7.63. The number of rotatable bonds is 2. The second-order valence-corrected chi connectivity index (χ2v) is 5.42. The van der Waals surface area contributed by atoms with Crippen LogP contribution in [0.25, 0.3) is 0 Å². The molecule has 2 saturated carbocycles. The van der Waals surface area contributed by atoms with Crippen molar-refractivity contribution in [3.8, 4) is 0 Å². The van der Waals surface area contributed by atoms with Crippen molar-refractivity contribution in [2.75, 3.05) is 0 Å². The molecule has 0 heteroatoms. The average Bonchev–Trinajstić information content (AvgIpc) is 2.50. The summed E-state index contributed by atoms with van der Waals surface area (Å²) >= 11 is 0. The molecule has 0 aliphatic heterocycles. The van der Waals surface area contributed by atoms with Gasteiger partial charge in [0.25, 0.3) is 0 Å². The van der Waals surface area contributed by atoms with E-state index < -0.39 is 0 Å². The van der Waals surface area contributed by atoms with Crippen molar-refractivity contribution >= 4 is 0 Å². The molecule has 2 aliphatic carbocycles. The van der Waals surface area contributed by atoms with Gasteiger partial charge >= 0.3 is 0 Å². The highest BCUT2D eigenvalue weighted by molar-refractivity contribution is 5.06. The van der Waals surface area contributed by atoms with E-state index in [4.69, 9.17) is 0 Å². The second kappa shape index (κ2) is 2.75. The van der Waals surface area contributed by atoms with Crippen LogP contribution in [0.15, 0.2) is 0 Å². The third kappa shape index (κ3) is 1.20. The standard InChI is InChI=1S/C12H22/c1-4-11-8-12(11)6-5-10(7-12)9(2)3/h9-11H,4-8H2,1-3H3. The van der Waals surface area contributed by atoms with Gasteiger partial charge in [-0.3, -0.25) is 0 Å². The van der Waals surface area contributed by atoms with Crippen LogP contribution in [0.1, 0.15) is 52.9 Å². The third-order valence-corrected chi connectivity index (χ3v) is 4.48. The molecular formula is C12H22. The zero-order chi connectivity index (χ0) is 8.77. The molecule has 70 valence electrons. The van der Waals surface area contributed by atoms with Gasteiger partial charge in [-0.1, -0.05) is 27.2 Å². The Kier molecular flexibility index (Phi) is 1.97. The second-order valence-electron chi connectivity index (χ2n) is 5.42. The van der Waals surface area contributed by atoms with Crippen molar-refractivity contribution in [2.45, 2.75) is 52.9 Å². The van der Waals surface area contributed by atoms with Gasteiger partial charge < -0.3 is 0 Å². The van der Waals surface area contributed by atoms with E-state index in [0.29, 0.717) is 0 Å². The van der Waals surface area contributed by atoms with Crippen molar-refractivity contribution in [1.82, 2.24) is 0 Å². The van der Waals surface area contributed by atoms with Crippen LogP contribution in [0, 0.1) is 23.2 Å². The first-order chi connectivity index (χ1) is 5.68. The number of hydrogen-bond donors (Lipinski definition) is 0. The molecule has 3 atom stereocenters. The van der Waals surface area contributed by atoms with Crippen LogP contribution < -0.4 is 0 Å². The average molecular weight is 166 g/mol. The maximum Gasteiger partial charge on any atom is -0.0263 e. The minimum Gasteiger partial charge on any atom is -0.0651 e. The molecular weight excluding hydrogens is 144 g/mol. The minimum absolute atomic E-state index is 0.865. The molecule has 12 heavy (non-hydrogen) atoms. The van der Waals surface area contributed by atoms with Crippen LogP contribution in [-0.4, -0.2) is 0 Å².